The zero-order valence-electron chi connectivity index (χ0n) is 19.4. The lowest BCUT2D eigenvalue weighted by atomic mass is 10.1. The lowest BCUT2D eigenvalue weighted by Gasteiger charge is -2.17. The number of ether oxygens (including phenoxy) is 2. The molecule has 1 aromatic carbocycles. The molecule has 2 amide bonds. The van der Waals surface area contributed by atoms with Crippen molar-refractivity contribution in [1.29, 1.82) is 0 Å². The molecule has 3 rings (SSSR count). The first-order valence-electron chi connectivity index (χ1n) is 10.5. The van der Waals surface area contributed by atoms with E-state index in [1.807, 2.05) is 0 Å². The summed E-state index contributed by atoms with van der Waals surface area (Å²) in [5.41, 5.74) is 5.70. The van der Waals surface area contributed by atoms with Crippen LogP contribution in [0, 0.1) is 0 Å². The highest BCUT2D eigenvalue weighted by Crippen LogP contribution is 2.26. The molecule has 13 heteroatoms. The number of sulfone groups is 1. The highest BCUT2D eigenvalue weighted by atomic mass is 35.5. The number of rotatable bonds is 10. The van der Waals surface area contributed by atoms with Gasteiger partial charge in [0.25, 0.3) is 11.8 Å². The number of nitrogens with one attached hydrogen (secondary N) is 2. The number of nitrogens with two attached hydrogens (primary N) is 1. The Morgan fingerprint density at radius 3 is 2.53 bits per heavy atom. The number of aromatic nitrogens is 2. The summed E-state index contributed by atoms with van der Waals surface area (Å²) >= 11 is 5.82. The molecule has 4 N–H and O–H groups in total. The van der Waals surface area contributed by atoms with Crippen molar-refractivity contribution >= 4 is 44.8 Å². The predicted molar refractivity (Wildman–Crippen MR) is 134 cm³/mol. The highest BCUT2D eigenvalue weighted by Gasteiger charge is 2.21. The van der Waals surface area contributed by atoms with E-state index in [0.29, 0.717) is 5.02 Å². The van der Waals surface area contributed by atoms with Crippen molar-refractivity contribution < 1.29 is 27.5 Å². The number of anilines is 2. The zero-order chi connectivity index (χ0) is 26.3. The number of hydrogen-bond donors (Lipinski definition) is 3. The summed E-state index contributed by atoms with van der Waals surface area (Å²) in [7, 11) is -2.12. The highest BCUT2D eigenvalue weighted by molar-refractivity contribution is 7.90. The van der Waals surface area contributed by atoms with Gasteiger partial charge in [0.2, 0.25) is 0 Å². The maximum absolute atomic E-state index is 13.2. The lowest BCUT2D eigenvalue weighted by molar-refractivity contribution is 0.0637. The average molecular weight is 534 g/mol. The molecular formula is C23H24ClN5O6S. The van der Waals surface area contributed by atoms with E-state index in [1.165, 1.54) is 49.8 Å². The molecule has 3 aromatic rings. The number of nitrogens with zero attached hydrogens (tertiary/aromatic N) is 2. The first-order chi connectivity index (χ1) is 17.1. The Bertz CT molecular complexity index is 1350. The molecule has 2 aromatic heterocycles. The number of methoxy groups -OCH3 is 1. The summed E-state index contributed by atoms with van der Waals surface area (Å²) in [6.07, 6.45) is 3.34. The van der Waals surface area contributed by atoms with Crippen molar-refractivity contribution in [3.63, 3.8) is 0 Å². The average Bonchev–Trinajstić information content (AvgIpc) is 2.85. The molecule has 0 aliphatic rings. The third-order valence-electron chi connectivity index (χ3n) is 4.89. The molecule has 0 fully saturated rings. The van der Waals surface area contributed by atoms with Crippen molar-refractivity contribution in [3.8, 4) is 5.75 Å². The fraction of sp³-hybridized carbons (Fsp3) is 0.217. The Hall–Kier alpha value is -3.58. The van der Waals surface area contributed by atoms with Gasteiger partial charge >= 0.3 is 0 Å². The number of hydrogen-bond acceptors (Lipinski definition) is 9. The van der Waals surface area contributed by atoms with Crippen LogP contribution in [-0.2, 0) is 14.6 Å². The van der Waals surface area contributed by atoms with Crippen LogP contribution in [0.5, 0.6) is 5.75 Å². The van der Waals surface area contributed by atoms with E-state index in [2.05, 4.69) is 20.6 Å². The number of benzene rings is 1. The van der Waals surface area contributed by atoms with Crippen molar-refractivity contribution in [1.82, 2.24) is 9.97 Å². The smallest absolute Gasteiger partial charge is 0.277 e. The molecule has 36 heavy (non-hydrogen) atoms. The fourth-order valence-electron chi connectivity index (χ4n) is 2.96. The Kier molecular flexibility index (Phi) is 8.93. The fourth-order valence-corrected chi connectivity index (χ4v) is 3.71. The monoisotopic (exact) mass is 533 g/mol. The van der Waals surface area contributed by atoms with Crippen LogP contribution in [-0.4, -0.2) is 62.8 Å². The quantitative estimate of drug-likeness (QED) is 0.355. The molecule has 0 spiro atoms. The SMILES string of the molecule is CO[C@H](CN)COc1cc(S(C)(=O)=O)ccc1C(=O)Nc1cccnc1C(=O)Nc1ccc(Cl)cn1. The van der Waals surface area contributed by atoms with Crippen LogP contribution >= 0.6 is 11.6 Å². The molecule has 11 nitrogen and oxygen atoms in total. The molecule has 0 unspecified atom stereocenters. The number of pyridine rings is 2. The summed E-state index contributed by atoms with van der Waals surface area (Å²) in [6, 6.07) is 9.97. The zero-order valence-corrected chi connectivity index (χ0v) is 21.0. The van der Waals surface area contributed by atoms with Crippen LogP contribution in [0.1, 0.15) is 20.8 Å². The van der Waals surface area contributed by atoms with Crippen LogP contribution in [0.2, 0.25) is 5.02 Å². The third kappa shape index (κ3) is 6.98. The first-order valence-corrected chi connectivity index (χ1v) is 12.8. The van der Waals surface area contributed by atoms with Crippen molar-refractivity contribution in [3.05, 3.63) is 71.1 Å². The van der Waals surface area contributed by atoms with Gasteiger partial charge in [0.1, 0.15) is 24.3 Å². The summed E-state index contributed by atoms with van der Waals surface area (Å²) in [5, 5.41) is 5.61. The molecule has 0 aliphatic carbocycles. The largest absolute Gasteiger partial charge is 0.490 e. The molecule has 0 saturated heterocycles. The summed E-state index contributed by atoms with van der Waals surface area (Å²) < 4.78 is 34.9. The van der Waals surface area contributed by atoms with Crippen LogP contribution in [0.3, 0.4) is 0 Å². The van der Waals surface area contributed by atoms with Gasteiger partial charge in [-0.1, -0.05) is 11.6 Å². The standard InChI is InChI=1S/C23H24ClN5O6S/c1-34-15(11-25)13-35-19-10-16(36(2,32)33)6-7-17(19)22(30)28-18-4-3-9-26-21(18)23(31)29-20-8-5-14(24)12-27-20/h3-10,12,15H,11,13,25H2,1-2H3,(H,28,30)(H,27,29,31)/t15-/m1/s1. The molecule has 2 heterocycles. The lowest BCUT2D eigenvalue weighted by Crippen LogP contribution is -2.29. The minimum Gasteiger partial charge on any atom is -0.490 e. The van der Waals surface area contributed by atoms with Crippen LogP contribution in [0.4, 0.5) is 11.5 Å². The third-order valence-corrected chi connectivity index (χ3v) is 6.22. The number of carbonyl (C=O) groups excluding carboxylic acids is 2. The first kappa shape index (κ1) is 27.0. The van der Waals surface area contributed by atoms with Crippen molar-refractivity contribution in [2.24, 2.45) is 5.73 Å². The van der Waals surface area contributed by atoms with E-state index in [9.17, 15) is 18.0 Å². The Morgan fingerprint density at radius 1 is 1.11 bits per heavy atom. The second-order valence-electron chi connectivity index (χ2n) is 7.50. The van der Waals surface area contributed by atoms with Crippen LogP contribution in [0.25, 0.3) is 0 Å². The van der Waals surface area contributed by atoms with E-state index in [-0.39, 0.29) is 46.6 Å². The van der Waals surface area contributed by atoms with Gasteiger partial charge in [-0.15, -0.1) is 0 Å². The molecule has 0 saturated carbocycles. The predicted octanol–water partition coefficient (Wildman–Crippen LogP) is 2.39. The summed E-state index contributed by atoms with van der Waals surface area (Å²) in [5.74, 6) is -1.02. The van der Waals surface area contributed by atoms with Gasteiger partial charge < -0.3 is 25.8 Å². The molecule has 1 atom stereocenters. The van der Waals surface area contributed by atoms with Gasteiger partial charge in [-0.3, -0.25) is 9.59 Å². The maximum atomic E-state index is 13.2. The summed E-state index contributed by atoms with van der Waals surface area (Å²) in [4.78, 5) is 34.0. The Morgan fingerprint density at radius 2 is 1.89 bits per heavy atom. The van der Waals surface area contributed by atoms with E-state index in [4.69, 9.17) is 26.8 Å². The second kappa shape index (κ2) is 11.9. The van der Waals surface area contributed by atoms with E-state index < -0.39 is 27.8 Å². The minimum atomic E-state index is -3.57. The van der Waals surface area contributed by atoms with Gasteiger partial charge in [0.15, 0.2) is 15.5 Å². The number of halogens is 1. The van der Waals surface area contributed by atoms with Gasteiger partial charge in [-0.2, -0.15) is 0 Å². The Balaban J connectivity index is 1.88. The van der Waals surface area contributed by atoms with Gasteiger partial charge in [-0.05, 0) is 42.5 Å². The van der Waals surface area contributed by atoms with E-state index >= 15 is 0 Å². The molecule has 190 valence electrons. The van der Waals surface area contributed by atoms with Crippen LogP contribution in [0.15, 0.2) is 59.8 Å². The molecule has 0 aliphatic heterocycles. The topological polar surface area (TPSA) is 163 Å². The Labute approximate surface area is 212 Å². The summed E-state index contributed by atoms with van der Waals surface area (Å²) in [6.45, 7) is 0.134. The van der Waals surface area contributed by atoms with E-state index in [0.717, 1.165) is 6.26 Å². The van der Waals surface area contributed by atoms with Crippen molar-refractivity contribution in [2.75, 3.05) is 37.2 Å². The van der Waals surface area contributed by atoms with E-state index in [1.54, 1.807) is 12.1 Å². The number of carbonyl (C=O) groups is 2. The number of amides is 2. The van der Waals surface area contributed by atoms with Gasteiger partial charge in [0, 0.05) is 32.3 Å². The van der Waals surface area contributed by atoms with Crippen molar-refractivity contribution in [2.45, 2.75) is 11.0 Å². The second-order valence-corrected chi connectivity index (χ2v) is 9.96. The maximum Gasteiger partial charge on any atom is 0.277 e. The van der Waals surface area contributed by atoms with Gasteiger partial charge in [0.05, 0.1) is 21.2 Å². The van der Waals surface area contributed by atoms with Crippen LogP contribution < -0.4 is 21.1 Å². The molecular weight excluding hydrogens is 510 g/mol. The minimum absolute atomic E-state index is 0.00572. The molecule has 0 bridgehead atoms. The normalized spacial score (nSPS) is 12.0. The molecule has 0 radical (unpaired) electrons. The van der Waals surface area contributed by atoms with Gasteiger partial charge in [-0.25, -0.2) is 18.4 Å².